The van der Waals surface area contributed by atoms with Crippen LogP contribution in [0.1, 0.15) is 26.3 Å². The second-order valence-electron chi connectivity index (χ2n) is 15.8. The van der Waals surface area contributed by atoms with Crippen LogP contribution in [0.4, 0.5) is 0 Å². The molecule has 7 aromatic carbocycles. The molecule has 0 N–H and O–H groups in total. The molecule has 0 aliphatic carbocycles. The number of benzene rings is 7. The summed E-state index contributed by atoms with van der Waals surface area (Å²) in [7, 11) is 0. The minimum atomic E-state index is -0.0103. The van der Waals surface area contributed by atoms with E-state index in [2.05, 4.69) is 116 Å². The largest absolute Gasteiger partial charge is 0.309 e. The van der Waals surface area contributed by atoms with Gasteiger partial charge in [0, 0.05) is 44.2 Å². The Bertz CT molecular complexity index is 3000. The van der Waals surface area contributed by atoms with Crippen molar-refractivity contribution in [3.05, 3.63) is 194 Å². The van der Waals surface area contributed by atoms with Crippen molar-refractivity contribution in [3.63, 3.8) is 0 Å². The molecule has 0 aliphatic heterocycles. The van der Waals surface area contributed by atoms with E-state index in [4.69, 9.17) is 24.9 Å². The molecule has 0 amide bonds. The molecule has 10 rings (SSSR count). The smallest absolute Gasteiger partial charge is 0.166 e. The molecule has 59 heavy (non-hydrogen) atoms. The average Bonchev–Trinajstić information content (AvgIpc) is 3.63. The molecule has 0 radical (unpaired) electrons. The molecule has 0 unspecified atom stereocenters. The predicted octanol–water partition coefficient (Wildman–Crippen LogP) is 13.1. The Hall–Kier alpha value is -7.57. The van der Waals surface area contributed by atoms with Gasteiger partial charge in [-0.25, -0.2) is 24.9 Å². The first-order chi connectivity index (χ1) is 28.9. The van der Waals surface area contributed by atoms with Crippen LogP contribution in [0.2, 0.25) is 0 Å². The molecule has 3 aromatic heterocycles. The van der Waals surface area contributed by atoms with E-state index in [9.17, 15) is 0 Å². The van der Waals surface area contributed by atoms with Gasteiger partial charge in [-0.1, -0.05) is 166 Å². The van der Waals surface area contributed by atoms with E-state index < -0.39 is 0 Å². The van der Waals surface area contributed by atoms with Crippen molar-refractivity contribution >= 4 is 21.8 Å². The summed E-state index contributed by atoms with van der Waals surface area (Å²) in [5.41, 5.74) is 11.6. The SMILES string of the molecule is CC(C)(C)c1ccc2c(c1)c1ccccc1n2-c1ccc(-c2nc(-c3ccccc3)cc(-c3ccccc3)n2)cc1-c1nc(-c2ccccc2)nc(-c2ccccc2)n1. The van der Waals surface area contributed by atoms with E-state index in [1.165, 1.54) is 16.3 Å². The van der Waals surface area contributed by atoms with Gasteiger partial charge in [-0.2, -0.15) is 0 Å². The van der Waals surface area contributed by atoms with Gasteiger partial charge >= 0.3 is 0 Å². The van der Waals surface area contributed by atoms with Crippen LogP contribution < -0.4 is 0 Å². The average molecular weight is 761 g/mol. The van der Waals surface area contributed by atoms with E-state index in [1.54, 1.807) is 0 Å². The first kappa shape index (κ1) is 35.8. The Morgan fingerprint density at radius 3 is 1.39 bits per heavy atom. The van der Waals surface area contributed by atoms with Gasteiger partial charge in [0.15, 0.2) is 23.3 Å². The molecule has 282 valence electrons. The molecule has 6 nitrogen and oxygen atoms in total. The summed E-state index contributed by atoms with van der Waals surface area (Å²) in [6.07, 6.45) is 0. The third-order valence-electron chi connectivity index (χ3n) is 10.8. The number of nitrogens with zero attached hydrogens (tertiary/aromatic N) is 6. The molecule has 6 heteroatoms. The van der Waals surface area contributed by atoms with Crippen LogP contribution in [0.25, 0.3) is 95.6 Å². The topological polar surface area (TPSA) is 69.4 Å². The standard InChI is InChI=1S/C53H40N6/c1-53(2,3)40-29-31-47-42(33-40)41-26-16-17-27-46(41)59(47)48-30-28-39(51-54-44(35-18-8-4-9-19-35)34-45(55-51)36-20-10-5-11-21-36)32-43(48)52-57-49(37-22-12-6-13-23-37)56-50(58-52)38-24-14-7-15-25-38/h4-34H,1-3H3. The van der Waals surface area contributed by atoms with Crippen molar-refractivity contribution in [3.8, 4) is 73.8 Å². The molecular formula is C53H40N6. The van der Waals surface area contributed by atoms with Crippen molar-refractivity contribution < 1.29 is 0 Å². The second-order valence-corrected chi connectivity index (χ2v) is 15.8. The maximum atomic E-state index is 5.27. The summed E-state index contributed by atoms with van der Waals surface area (Å²) in [5, 5.41) is 2.38. The number of rotatable bonds is 7. The third-order valence-corrected chi connectivity index (χ3v) is 10.8. The first-order valence-corrected chi connectivity index (χ1v) is 19.9. The molecule has 0 bridgehead atoms. The number of hydrogen-bond acceptors (Lipinski definition) is 5. The quantitative estimate of drug-likeness (QED) is 0.162. The van der Waals surface area contributed by atoms with Gasteiger partial charge in [0.05, 0.1) is 28.1 Å². The van der Waals surface area contributed by atoms with Crippen molar-refractivity contribution in [1.82, 2.24) is 29.5 Å². The van der Waals surface area contributed by atoms with Gasteiger partial charge in [0.25, 0.3) is 0 Å². The lowest BCUT2D eigenvalue weighted by Crippen LogP contribution is -2.10. The van der Waals surface area contributed by atoms with Crippen LogP contribution in [-0.2, 0) is 5.41 Å². The maximum Gasteiger partial charge on any atom is 0.166 e. The van der Waals surface area contributed by atoms with Gasteiger partial charge in [0.1, 0.15) is 0 Å². The Morgan fingerprint density at radius 2 is 0.831 bits per heavy atom. The fourth-order valence-corrected chi connectivity index (χ4v) is 7.77. The Kier molecular flexibility index (Phi) is 8.95. The van der Waals surface area contributed by atoms with E-state index >= 15 is 0 Å². The summed E-state index contributed by atoms with van der Waals surface area (Å²) in [6, 6.07) is 64.8. The van der Waals surface area contributed by atoms with Crippen molar-refractivity contribution in [1.29, 1.82) is 0 Å². The van der Waals surface area contributed by atoms with Crippen molar-refractivity contribution in [2.45, 2.75) is 26.2 Å². The normalized spacial score (nSPS) is 11.6. The van der Waals surface area contributed by atoms with Crippen molar-refractivity contribution in [2.75, 3.05) is 0 Å². The third kappa shape index (κ3) is 6.85. The predicted molar refractivity (Wildman–Crippen MR) is 241 cm³/mol. The minimum Gasteiger partial charge on any atom is -0.309 e. The molecule has 10 aromatic rings. The monoisotopic (exact) mass is 760 g/mol. The zero-order valence-electron chi connectivity index (χ0n) is 33.1. The molecule has 0 aliphatic rings. The van der Waals surface area contributed by atoms with Crippen LogP contribution >= 0.6 is 0 Å². The molecule has 0 saturated heterocycles. The van der Waals surface area contributed by atoms with E-state index in [0.29, 0.717) is 23.3 Å². The van der Waals surface area contributed by atoms with Gasteiger partial charge in [-0.05, 0) is 53.4 Å². The summed E-state index contributed by atoms with van der Waals surface area (Å²) >= 11 is 0. The van der Waals surface area contributed by atoms with Gasteiger partial charge in [-0.15, -0.1) is 0 Å². The van der Waals surface area contributed by atoms with Gasteiger partial charge in [0.2, 0.25) is 0 Å². The lowest BCUT2D eigenvalue weighted by atomic mass is 9.86. The summed E-state index contributed by atoms with van der Waals surface area (Å²) in [4.78, 5) is 26.0. The number of hydrogen-bond donors (Lipinski definition) is 0. The van der Waals surface area contributed by atoms with Crippen LogP contribution in [0, 0.1) is 0 Å². The first-order valence-electron chi connectivity index (χ1n) is 19.9. The van der Waals surface area contributed by atoms with Crippen LogP contribution in [0.5, 0.6) is 0 Å². The molecule has 0 fully saturated rings. The molecule has 0 spiro atoms. The molecule has 0 atom stereocenters. The summed E-state index contributed by atoms with van der Waals surface area (Å²) in [6.45, 7) is 6.78. The zero-order chi connectivity index (χ0) is 39.9. The molecule has 3 heterocycles. The lowest BCUT2D eigenvalue weighted by molar-refractivity contribution is 0.591. The summed E-state index contributed by atoms with van der Waals surface area (Å²) < 4.78 is 2.35. The van der Waals surface area contributed by atoms with Crippen LogP contribution in [0.15, 0.2) is 188 Å². The van der Waals surface area contributed by atoms with Crippen molar-refractivity contribution in [2.24, 2.45) is 0 Å². The highest BCUT2D eigenvalue weighted by atomic mass is 15.1. The number of fused-ring (bicyclic) bond motifs is 3. The fourth-order valence-electron chi connectivity index (χ4n) is 7.77. The fraction of sp³-hybridized carbons (Fsp3) is 0.0755. The zero-order valence-corrected chi connectivity index (χ0v) is 33.1. The van der Waals surface area contributed by atoms with Crippen LogP contribution in [0.3, 0.4) is 0 Å². The Morgan fingerprint density at radius 1 is 0.356 bits per heavy atom. The lowest BCUT2D eigenvalue weighted by Gasteiger charge is -2.19. The maximum absolute atomic E-state index is 5.27. The second kappa shape index (κ2) is 14.7. The highest BCUT2D eigenvalue weighted by molar-refractivity contribution is 6.10. The Balaban J connectivity index is 1.27. The molecule has 0 saturated carbocycles. The van der Waals surface area contributed by atoms with E-state index in [0.717, 1.165) is 61.5 Å². The number of para-hydroxylation sites is 1. The van der Waals surface area contributed by atoms with E-state index in [-0.39, 0.29) is 5.41 Å². The van der Waals surface area contributed by atoms with Gasteiger partial charge < -0.3 is 4.57 Å². The van der Waals surface area contributed by atoms with E-state index in [1.807, 2.05) is 97.1 Å². The Labute approximate surface area is 343 Å². The minimum absolute atomic E-state index is 0.0103. The van der Waals surface area contributed by atoms with Crippen LogP contribution in [-0.4, -0.2) is 29.5 Å². The van der Waals surface area contributed by atoms with Gasteiger partial charge in [-0.3, -0.25) is 0 Å². The number of aromatic nitrogens is 6. The highest BCUT2D eigenvalue weighted by Crippen LogP contribution is 2.40. The highest BCUT2D eigenvalue weighted by Gasteiger charge is 2.23. The molecular weight excluding hydrogens is 721 g/mol. The summed E-state index contributed by atoms with van der Waals surface area (Å²) in [5.74, 6) is 2.35.